The van der Waals surface area contributed by atoms with E-state index in [9.17, 15) is 0 Å². The molecule has 0 saturated heterocycles. The van der Waals surface area contributed by atoms with Crippen LogP contribution in [0.3, 0.4) is 0 Å². The highest BCUT2D eigenvalue weighted by molar-refractivity contribution is 7.00. The molecule has 0 amide bonds. The van der Waals surface area contributed by atoms with Crippen molar-refractivity contribution in [3.05, 3.63) is 23.3 Å². The summed E-state index contributed by atoms with van der Waals surface area (Å²) in [7, 11) is 0. The van der Waals surface area contributed by atoms with E-state index in [1.54, 1.807) is 0 Å². The van der Waals surface area contributed by atoms with Crippen LogP contribution in [0.15, 0.2) is 12.1 Å². The van der Waals surface area contributed by atoms with Gasteiger partial charge in [0.1, 0.15) is 11.5 Å². The third-order valence-corrected chi connectivity index (χ3v) is 1.99. The van der Waals surface area contributed by atoms with Gasteiger partial charge in [-0.05, 0) is 31.0 Å². The predicted molar refractivity (Wildman–Crippen MR) is 48.8 cm³/mol. The van der Waals surface area contributed by atoms with Gasteiger partial charge in [0, 0.05) is 0 Å². The van der Waals surface area contributed by atoms with Crippen molar-refractivity contribution in [2.24, 2.45) is 0 Å². The average molecular weight is 182 g/mol. The molecule has 0 atom stereocenters. The molecule has 12 heavy (non-hydrogen) atoms. The molecule has 62 valence electrons. The van der Waals surface area contributed by atoms with Crippen molar-refractivity contribution < 1.29 is 9.31 Å². The van der Waals surface area contributed by atoms with Crippen molar-refractivity contribution in [1.82, 2.24) is 0 Å². The quantitative estimate of drug-likeness (QED) is 0.573. The van der Waals surface area contributed by atoms with Crippen LogP contribution >= 0.6 is 11.5 Å². The summed E-state index contributed by atoms with van der Waals surface area (Å²) in [5.74, 6) is 1.51. The fourth-order valence-electron chi connectivity index (χ4n) is 1.37. The Morgan fingerprint density at radius 2 is 2.00 bits per heavy atom. The third-order valence-electron chi connectivity index (χ3n) is 1.82. The summed E-state index contributed by atoms with van der Waals surface area (Å²) in [4.78, 5) is 0. The van der Waals surface area contributed by atoms with Gasteiger partial charge < -0.3 is 9.31 Å². The van der Waals surface area contributed by atoms with Crippen molar-refractivity contribution in [2.75, 3.05) is 0 Å². The molecule has 2 nitrogen and oxygen atoms in total. The molecule has 0 bridgehead atoms. The number of benzene rings is 1. The van der Waals surface area contributed by atoms with E-state index in [4.69, 9.17) is 20.8 Å². The first-order valence-corrected chi connectivity index (χ1v) is 4.19. The second-order valence-electron chi connectivity index (χ2n) is 2.92. The van der Waals surface area contributed by atoms with Crippen LogP contribution in [0, 0.1) is 13.8 Å². The largest absolute Gasteiger partial charge is 0.713 e. The van der Waals surface area contributed by atoms with Crippen LogP contribution in [0.2, 0.25) is 0 Å². The average Bonchev–Trinajstić information content (AvgIpc) is 2.29. The lowest BCUT2D eigenvalue weighted by Crippen LogP contribution is -2.15. The first-order valence-electron chi connectivity index (χ1n) is 3.75. The van der Waals surface area contributed by atoms with Gasteiger partial charge in [-0.25, -0.2) is 0 Å². The van der Waals surface area contributed by atoms with Crippen LogP contribution in [0.4, 0.5) is 0 Å². The summed E-state index contributed by atoms with van der Waals surface area (Å²) >= 11 is 5.66. The third kappa shape index (κ3) is 1.14. The van der Waals surface area contributed by atoms with Crippen LogP contribution in [0.1, 0.15) is 11.1 Å². The summed E-state index contributed by atoms with van der Waals surface area (Å²) in [5, 5.41) is 0. The molecule has 0 aliphatic carbocycles. The van der Waals surface area contributed by atoms with Crippen molar-refractivity contribution in [3.63, 3.8) is 0 Å². The standard InChI is InChI=1S/C8H8BClO2/c1-5-3-6(2)8-7(4-5)11-9(10)12-8/h3-4H,1-2H3. The molecule has 1 aromatic rings. The van der Waals surface area contributed by atoms with E-state index in [1.165, 1.54) is 0 Å². The minimum absolute atomic E-state index is 0.666. The summed E-state index contributed by atoms with van der Waals surface area (Å²) in [6.07, 6.45) is 0. The Morgan fingerprint density at radius 3 is 2.75 bits per heavy atom. The molecule has 2 rings (SSSR count). The van der Waals surface area contributed by atoms with E-state index in [-0.39, 0.29) is 0 Å². The Hall–Kier alpha value is -0.825. The van der Waals surface area contributed by atoms with Gasteiger partial charge in [-0.1, -0.05) is 17.5 Å². The number of fused-ring (bicyclic) bond motifs is 1. The van der Waals surface area contributed by atoms with Gasteiger partial charge in [0.15, 0.2) is 0 Å². The van der Waals surface area contributed by atoms with Crippen LogP contribution in [0.5, 0.6) is 11.5 Å². The molecule has 1 aromatic carbocycles. The molecule has 0 radical (unpaired) electrons. The summed E-state index contributed by atoms with van der Waals surface area (Å²) in [5.41, 5.74) is 2.22. The highest BCUT2D eigenvalue weighted by atomic mass is 35.5. The molecule has 1 aliphatic rings. The highest BCUT2D eigenvalue weighted by Crippen LogP contribution is 2.38. The lowest BCUT2D eigenvalue weighted by molar-refractivity contribution is 0.528. The minimum atomic E-state index is -0.666. The summed E-state index contributed by atoms with van der Waals surface area (Å²) in [6.45, 7) is 3.32. The van der Waals surface area contributed by atoms with E-state index in [0.717, 1.165) is 22.6 Å². The van der Waals surface area contributed by atoms with E-state index >= 15 is 0 Å². The molecule has 0 unspecified atom stereocenters. The van der Waals surface area contributed by atoms with E-state index in [2.05, 4.69) is 0 Å². The number of hydrogen-bond acceptors (Lipinski definition) is 2. The van der Waals surface area contributed by atoms with Gasteiger partial charge in [-0.15, -0.1) is 0 Å². The van der Waals surface area contributed by atoms with Crippen molar-refractivity contribution in [2.45, 2.75) is 13.8 Å². The van der Waals surface area contributed by atoms with E-state index in [0.29, 0.717) is 0 Å². The Labute approximate surface area is 76.5 Å². The van der Waals surface area contributed by atoms with Crippen LogP contribution in [-0.4, -0.2) is 6.53 Å². The molecule has 0 saturated carbocycles. The van der Waals surface area contributed by atoms with E-state index in [1.807, 2.05) is 26.0 Å². The normalized spacial score (nSPS) is 13.8. The lowest BCUT2D eigenvalue weighted by Gasteiger charge is -2.02. The fourth-order valence-corrected chi connectivity index (χ4v) is 1.56. The maximum Gasteiger partial charge on any atom is 0.713 e. The number of aryl methyl sites for hydroxylation is 2. The monoisotopic (exact) mass is 182 g/mol. The van der Waals surface area contributed by atoms with Gasteiger partial charge in [0.2, 0.25) is 0 Å². The number of halogens is 1. The first kappa shape index (κ1) is 7.81. The zero-order valence-corrected chi connectivity index (χ0v) is 7.68. The van der Waals surface area contributed by atoms with Gasteiger partial charge in [-0.3, -0.25) is 0 Å². The molecule has 1 aliphatic heterocycles. The van der Waals surface area contributed by atoms with Crippen LogP contribution in [0.25, 0.3) is 0 Å². The van der Waals surface area contributed by atoms with Crippen LogP contribution in [-0.2, 0) is 0 Å². The van der Waals surface area contributed by atoms with Gasteiger partial charge in [-0.2, -0.15) is 0 Å². The van der Waals surface area contributed by atoms with Crippen LogP contribution < -0.4 is 9.31 Å². The lowest BCUT2D eigenvalue weighted by atomic mass is 10.1. The van der Waals surface area contributed by atoms with E-state index < -0.39 is 6.53 Å². The minimum Gasteiger partial charge on any atom is -0.510 e. The molecule has 4 heteroatoms. The molecular formula is C8H8BClO2. The molecule has 0 fully saturated rings. The Kier molecular flexibility index (Phi) is 1.69. The summed E-state index contributed by atoms with van der Waals surface area (Å²) in [6, 6.07) is 3.96. The zero-order chi connectivity index (χ0) is 8.72. The summed E-state index contributed by atoms with van der Waals surface area (Å²) < 4.78 is 10.4. The molecule has 1 heterocycles. The van der Waals surface area contributed by atoms with Crippen molar-refractivity contribution in [3.8, 4) is 11.5 Å². The zero-order valence-electron chi connectivity index (χ0n) is 6.93. The Balaban J connectivity index is 2.52. The second-order valence-corrected chi connectivity index (χ2v) is 3.28. The van der Waals surface area contributed by atoms with Crippen molar-refractivity contribution in [1.29, 1.82) is 0 Å². The predicted octanol–water partition coefficient (Wildman–Crippen LogP) is 2.30. The smallest absolute Gasteiger partial charge is 0.510 e. The fraction of sp³-hybridized carbons (Fsp3) is 0.250. The Morgan fingerprint density at radius 1 is 1.25 bits per heavy atom. The van der Waals surface area contributed by atoms with Gasteiger partial charge in [0.25, 0.3) is 0 Å². The van der Waals surface area contributed by atoms with Gasteiger partial charge >= 0.3 is 6.53 Å². The topological polar surface area (TPSA) is 18.5 Å². The second kappa shape index (κ2) is 2.59. The molecule has 0 N–H and O–H groups in total. The highest BCUT2D eigenvalue weighted by Gasteiger charge is 2.31. The first-order chi connectivity index (χ1) is 5.66. The molecule has 0 spiro atoms. The molecular weight excluding hydrogens is 174 g/mol. The number of hydrogen-bond donors (Lipinski definition) is 0. The molecule has 0 aromatic heterocycles. The van der Waals surface area contributed by atoms with Crippen molar-refractivity contribution >= 4 is 18.0 Å². The number of rotatable bonds is 0. The van der Waals surface area contributed by atoms with Gasteiger partial charge in [0.05, 0.1) is 0 Å². The Bertz CT molecular complexity index is 327. The maximum absolute atomic E-state index is 5.66. The maximum atomic E-state index is 5.66. The SMILES string of the molecule is Cc1cc(C)c2c(c1)OB(Cl)O2.